The fourth-order valence-electron chi connectivity index (χ4n) is 1.84. The molecule has 0 saturated heterocycles. The van der Waals surface area contributed by atoms with Gasteiger partial charge in [0.15, 0.2) is 0 Å². The van der Waals surface area contributed by atoms with Crippen molar-refractivity contribution in [2.75, 3.05) is 5.32 Å². The lowest BCUT2D eigenvalue weighted by Gasteiger charge is -2.08. The van der Waals surface area contributed by atoms with Gasteiger partial charge in [-0.1, -0.05) is 18.2 Å². The number of benzene rings is 2. The van der Waals surface area contributed by atoms with Gasteiger partial charge in [-0.2, -0.15) is 0 Å². The van der Waals surface area contributed by atoms with Gasteiger partial charge in [-0.15, -0.1) is 0 Å². The Morgan fingerprint density at radius 2 is 1.55 bits per heavy atom. The molecule has 0 atom stereocenters. The van der Waals surface area contributed by atoms with Crippen molar-refractivity contribution in [2.24, 2.45) is 0 Å². The predicted octanol–water partition coefficient (Wildman–Crippen LogP) is 3.06. The standard InChI is InChI=1S/C14H11N3O5/c1-9-4-2-3-5-13(9)15-14(18)10-6-11(16(19)20)8-12(7-10)17(21)22/h2-8H,1H3,(H,15,18). The van der Waals surface area contributed by atoms with Crippen molar-refractivity contribution in [2.45, 2.75) is 6.92 Å². The van der Waals surface area contributed by atoms with Crippen LogP contribution in [0.25, 0.3) is 0 Å². The first kappa shape index (κ1) is 15.1. The quantitative estimate of drug-likeness (QED) is 0.688. The second-order valence-corrected chi connectivity index (χ2v) is 4.52. The first-order valence-electron chi connectivity index (χ1n) is 6.19. The summed E-state index contributed by atoms with van der Waals surface area (Å²) in [4.78, 5) is 32.2. The number of nitro benzene ring substituents is 2. The Morgan fingerprint density at radius 1 is 1.00 bits per heavy atom. The van der Waals surface area contributed by atoms with Gasteiger partial charge in [-0.3, -0.25) is 25.0 Å². The molecule has 1 N–H and O–H groups in total. The number of aryl methyl sites for hydroxylation is 1. The van der Waals surface area contributed by atoms with Gasteiger partial charge in [0.05, 0.1) is 21.5 Å². The van der Waals surface area contributed by atoms with Crippen molar-refractivity contribution in [1.82, 2.24) is 0 Å². The Kier molecular flexibility index (Phi) is 4.12. The van der Waals surface area contributed by atoms with Crippen molar-refractivity contribution in [3.05, 3.63) is 73.8 Å². The van der Waals surface area contributed by atoms with Crippen molar-refractivity contribution in [3.63, 3.8) is 0 Å². The highest BCUT2D eigenvalue weighted by molar-refractivity contribution is 6.05. The van der Waals surface area contributed by atoms with Gasteiger partial charge in [0.1, 0.15) is 0 Å². The monoisotopic (exact) mass is 301 g/mol. The average Bonchev–Trinajstić information content (AvgIpc) is 2.49. The molecule has 112 valence electrons. The summed E-state index contributed by atoms with van der Waals surface area (Å²) in [7, 11) is 0. The van der Waals surface area contributed by atoms with Gasteiger partial charge in [-0.05, 0) is 18.6 Å². The zero-order chi connectivity index (χ0) is 16.3. The SMILES string of the molecule is Cc1ccccc1NC(=O)c1cc([N+](=O)[O-])cc([N+](=O)[O-])c1. The summed E-state index contributed by atoms with van der Waals surface area (Å²) < 4.78 is 0. The molecule has 0 radical (unpaired) electrons. The van der Waals surface area contributed by atoms with E-state index in [1.54, 1.807) is 31.2 Å². The third-order valence-corrected chi connectivity index (χ3v) is 2.98. The Morgan fingerprint density at radius 3 is 2.05 bits per heavy atom. The summed E-state index contributed by atoms with van der Waals surface area (Å²) in [5.41, 5.74) is 0.162. The zero-order valence-corrected chi connectivity index (χ0v) is 11.5. The number of carbonyl (C=O) groups excluding carboxylic acids is 1. The van der Waals surface area contributed by atoms with Crippen molar-refractivity contribution in [1.29, 1.82) is 0 Å². The van der Waals surface area contributed by atoms with Crippen LogP contribution in [0.5, 0.6) is 0 Å². The molecule has 8 heteroatoms. The first-order chi connectivity index (χ1) is 10.4. The van der Waals surface area contributed by atoms with E-state index in [-0.39, 0.29) is 5.56 Å². The lowest BCUT2D eigenvalue weighted by molar-refractivity contribution is -0.394. The van der Waals surface area contributed by atoms with Crippen molar-refractivity contribution in [3.8, 4) is 0 Å². The third kappa shape index (κ3) is 3.23. The van der Waals surface area contributed by atoms with E-state index in [9.17, 15) is 25.0 Å². The van der Waals surface area contributed by atoms with Gasteiger partial charge in [0.25, 0.3) is 17.3 Å². The molecule has 22 heavy (non-hydrogen) atoms. The molecule has 0 fully saturated rings. The van der Waals surface area contributed by atoms with E-state index in [4.69, 9.17) is 0 Å². The van der Waals surface area contributed by atoms with E-state index in [0.29, 0.717) is 5.69 Å². The lowest BCUT2D eigenvalue weighted by Crippen LogP contribution is -2.13. The topological polar surface area (TPSA) is 115 Å². The maximum atomic E-state index is 12.2. The highest BCUT2D eigenvalue weighted by Gasteiger charge is 2.20. The summed E-state index contributed by atoms with van der Waals surface area (Å²) >= 11 is 0. The number of amides is 1. The largest absolute Gasteiger partial charge is 0.322 e. The molecular formula is C14H11N3O5. The summed E-state index contributed by atoms with van der Waals surface area (Å²) in [6.07, 6.45) is 0. The Hall–Kier alpha value is -3.29. The van der Waals surface area contributed by atoms with E-state index < -0.39 is 27.1 Å². The number of para-hydroxylation sites is 1. The fourth-order valence-corrected chi connectivity index (χ4v) is 1.84. The van der Waals surface area contributed by atoms with Crippen LogP contribution in [0.4, 0.5) is 17.1 Å². The van der Waals surface area contributed by atoms with Crippen LogP contribution >= 0.6 is 0 Å². The maximum absolute atomic E-state index is 12.2. The van der Waals surface area contributed by atoms with Crippen molar-refractivity contribution < 1.29 is 14.6 Å². The third-order valence-electron chi connectivity index (χ3n) is 2.98. The summed E-state index contributed by atoms with van der Waals surface area (Å²) in [6.45, 7) is 1.78. The molecule has 0 aliphatic carbocycles. The summed E-state index contributed by atoms with van der Waals surface area (Å²) in [5.74, 6) is -0.652. The Balaban J connectivity index is 2.39. The zero-order valence-electron chi connectivity index (χ0n) is 11.5. The van der Waals surface area contributed by atoms with Crippen LogP contribution in [0.3, 0.4) is 0 Å². The minimum absolute atomic E-state index is 0.149. The van der Waals surface area contributed by atoms with Crippen LogP contribution in [-0.4, -0.2) is 15.8 Å². The number of nitrogens with one attached hydrogen (secondary N) is 1. The van der Waals surface area contributed by atoms with E-state index in [1.165, 1.54) is 0 Å². The van der Waals surface area contributed by atoms with Crippen molar-refractivity contribution >= 4 is 23.0 Å². The number of nitro groups is 2. The van der Waals surface area contributed by atoms with Crippen LogP contribution in [-0.2, 0) is 0 Å². The molecule has 8 nitrogen and oxygen atoms in total. The second kappa shape index (κ2) is 6.00. The lowest BCUT2D eigenvalue weighted by atomic mass is 10.1. The van der Waals surface area contributed by atoms with Gasteiger partial charge >= 0.3 is 0 Å². The van der Waals surface area contributed by atoms with E-state index in [0.717, 1.165) is 23.8 Å². The van der Waals surface area contributed by atoms with Gasteiger partial charge < -0.3 is 5.32 Å². The van der Waals surface area contributed by atoms with Gasteiger partial charge in [0.2, 0.25) is 0 Å². The minimum atomic E-state index is -0.780. The Labute approximate surface area is 124 Å². The molecular weight excluding hydrogens is 290 g/mol. The molecule has 0 bridgehead atoms. The molecule has 2 rings (SSSR count). The molecule has 2 aromatic rings. The molecule has 2 aromatic carbocycles. The van der Waals surface area contributed by atoms with E-state index >= 15 is 0 Å². The Bertz CT molecular complexity index is 741. The fraction of sp³-hybridized carbons (Fsp3) is 0.0714. The van der Waals surface area contributed by atoms with Crippen LogP contribution in [0.2, 0.25) is 0 Å². The van der Waals surface area contributed by atoms with E-state index in [1.807, 2.05) is 0 Å². The van der Waals surface area contributed by atoms with Crippen LogP contribution in [0.15, 0.2) is 42.5 Å². The summed E-state index contributed by atoms with van der Waals surface area (Å²) in [5, 5.41) is 24.2. The van der Waals surface area contributed by atoms with Crippen LogP contribution in [0, 0.1) is 27.2 Å². The normalized spacial score (nSPS) is 10.0. The predicted molar refractivity (Wildman–Crippen MR) is 78.9 cm³/mol. The smallest absolute Gasteiger partial charge is 0.277 e. The number of rotatable bonds is 4. The molecule has 0 aliphatic rings. The molecule has 0 saturated carbocycles. The molecule has 0 aromatic heterocycles. The molecule has 1 amide bonds. The number of carbonyl (C=O) groups is 1. The molecule has 0 heterocycles. The molecule has 0 aliphatic heterocycles. The number of nitrogens with zero attached hydrogens (tertiary/aromatic N) is 2. The number of hydrogen-bond donors (Lipinski definition) is 1. The molecule has 0 spiro atoms. The number of hydrogen-bond acceptors (Lipinski definition) is 5. The van der Waals surface area contributed by atoms with Gasteiger partial charge in [-0.25, -0.2) is 0 Å². The average molecular weight is 301 g/mol. The highest BCUT2D eigenvalue weighted by Crippen LogP contribution is 2.24. The summed E-state index contributed by atoms with van der Waals surface area (Å²) in [6, 6.07) is 9.78. The van der Waals surface area contributed by atoms with E-state index in [2.05, 4.69) is 5.32 Å². The number of non-ortho nitro benzene ring substituents is 2. The maximum Gasteiger partial charge on any atom is 0.277 e. The first-order valence-corrected chi connectivity index (χ1v) is 6.19. The molecule has 0 unspecified atom stereocenters. The van der Waals surface area contributed by atoms with Crippen LogP contribution < -0.4 is 5.32 Å². The highest BCUT2D eigenvalue weighted by atomic mass is 16.6. The minimum Gasteiger partial charge on any atom is -0.322 e. The van der Waals surface area contributed by atoms with Crippen LogP contribution in [0.1, 0.15) is 15.9 Å². The number of anilines is 1. The van der Waals surface area contributed by atoms with Gasteiger partial charge in [0, 0.05) is 17.8 Å². The second-order valence-electron chi connectivity index (χ2n) is 4.52.